The quantitative estimate of drug-likeness (QED) is 0.750. The number of nitrogens with zero attached hydrogens (tertiary/aromatic N) is 4. The number of ether oxygens (including phenoxy) is 1. The smallest absolute Gasteiger partial charge is 0.410 e. The van der Waals surface area contributed by atoms with E-state index in [0.29, 0.717) is 17.7 Å². The van der Waals surface area contributed by atoms with Crippen LogP contribution in [0.1, 0.15) is 62.8 Å². The van der Waals surface area contributed by atoms with Crippen molar-refractivity contribution in [2.24, 2.45) is 5.41 Å². The van der Waals surface area contributed by atoms with Crippen LogP contribution >= 0.6 is 0 Å². The van der Waals surface area contributed by atoms with Crippen LogP contribution in [0.5, 0.6) is 0 Å². The van der Waals surface area contributed by atoms with E-state index in [1.807, 2.05) is 31.7 Å². The fraction of sp³-hybridized carbons (Fsp3) is 0.538. The second-order valence-corrected chi connectivity index (χ2v) is 10.6. The van der Waals surface area contributed by atoms with Gasteiger partial charge in [0.25, 0.3) is 0 Å². The molecule has 2 aromatic rings. The van der Waals surface area contributed by atoms with Gasteiger partial charge in [-0.15, -0.1) is 0 Å². The Bertz CT molecular complexity index is 1090. The van der Waals surface area contributed by atoms with Gasteiger partial charge in [-0.3, -0.25) is 4.98 Å². The van der Waals surface area contributed by atoms with E-state index in [1.165, 1.54) is 17.3 Å². The predicted octanol–water partition coefficient (Wildman–Crippen LogP) is 4.03. The zero-order valence-corrected chi connectivity index (χ0v) is 19.6. The number of carbonyl (C=O) groups excluding carboxylic acids is 1. The van der Waals surface area contributed by atoms with Crippen LogP contribution in [0.4, 0.5) is 4.79 Å². The molecule has 1 amide bonds. The fourth-order valence-corrected chi connectivity index (χ4v) is 5.72. The molecule has 1 aromatic heterocycles. The number of nitrogens with one attached hydrogen (secondary N) is 1. The molecule has 0 bridgehead atoms. The third-order valence-electron chi connectivity index (χ3n) is 7.48. The molecule has 33 heavy (non-hydrogen) atoms. The molecule has 0 saturated carbocycles. The largest absolute Gasteiger partial charge is 0.444 e. The molecule has 3 heterocycles. The summed E-state index contributed by atoms with van der Waals surface area (Å²) in [5.74, 6) is 0.503. The third-order valence-corrected chi connectivity index (χ3v) is 7.48. The molecule has 5 rings (SSSR count). The van der Waals surface area contributed by atoms with Crippen LogP contribution < -0.4 is 5.32 Å². The number of nitriles is 1. The molecule has 1 aliphatic carbocycles. The highest BCUT2D eigenvalue weighted by atomic mass is 16.6. The summed E-state index contributed by atoms with van der Waals surface area (Å²) in [5.41, 5.74) is 4.82. The second-order valence-electron chi connectivity index (χ2n) is 10.6. The SMILES string of the molecule is CC(C)(C)OC(=O)N1CCC2(CC1)CN[C@@H]2C1CCc2cc(-c3cnc(C#N)cn3)ccc21. The lowest BCUT2D eigenvalue weighted by atomic mass is 9.62. The molecule has 1 N–H and O–H groups in total. The number of amides is 1. The van der Waals surface area contributed by atoms with Gasteiger partial charge in [-0.1, -0.05) is 12.1 Å². The van der Waals surface area contributed by atoms with Crippen LogP contribution in [0.25, 0.3) is 11.3 Å². The van der Waals surface area contributed by atoms with Crippen molar-refractivity contribution in [3.05, 3.63) is 47.4 Å². The van der Waals surface area contributed by atoms with Crippen molar-refractivity contribution in [2.75, 3.05) is 19.6 Å². The second kappa shape index (κ2) is 8.11. The fourth-order valence-electron chi connectivity index (χ4n) is 5.72. The summed E-state index contributed by atoms with van der Waals surface area (Å²) in [6, 6.07) is 9.10. The van der Waals surface area contributed by atoms with Gasteiger partial charge in [0.1, 0.15) is 11.7 Å². The van der Waals surface area contributed by atoms with Crippen molar-refractivity contribution in [1.82, 2.24) is 20.2 Å². The Labute approximate surface area is 195 Å². The zero-order chi connectivity index (χ0) is 23.2. The monoisotopic (exact) mass is 445 g/mol. The molecule has 1 unspecified atom stereocenters. The summed E-state index contributed by atoms with van der Waals surface area (Å²) >= 11 is 0. The number of aromatic nitrogens is 2. The van der Waals surface area contributed by atoms with E-state index in [2.05, 4.69) is 33.5 Å². The number of benzene rings is 1. The maximum absolute atomic E-state index is 12.5. The van der Waals surface area contributed by atoms with Crippen LogP contribution in [0, 0.1) is 16.7 Å². The average molecular weight is 446 g/mol. The first kappa shape index (κ1) is 21.8. The predicted molar refractivity (Wildman–Crippen MR) is 125 cm³/mol. The van der Waals surface area contributed by atoms with Gasteiger partial charge in [-0.05, 0) is 63.6 Å². The summed E-state index contributed by atoms with van der Waals surface area (Å²) < 4.78 is 5.58. The normalized spacial score (nSPS) is 23.5. The maximum Gasteiger partial charge on any atom is 0.410 e. The number of piperidine rings is 1. The van der Waals surface area contributed by atoms with Crippen LogP contribution in [0.15, 0.2) is 30.6 Å². The van der Waals surface area contributed by atoms with Gasteiger partial charge < -0.3 is 15.0 Å². The van der Waals surface area contributed by atoms with Gasteiger partial charge in [0, 0.05) is 42.6 Å². The molecular weight excluding hydrogens is 414 g/mol. The Hall–Kier alpha value is -2.98. The number of aryl methyl sites for hydroxylation is 1. The summed E-state index contributed by atoms with van der Waals surface area (Å²) in [6.45, 7) is 8.31. The molecule has 2 saturated heterocycles. The maximum atomic E-state index is 12.5. The highest BCUT2D eigenvalue weighted by Gasteiger charge is 2.52. The van der Waals surface area contributed by atoms with Crippen LogP contribution in [-0.2, 0) is 11.2 Å². The summed E-state index contributed by atoms with van der Waals surface area (Å²) in [6.07, 6.45) is 7.27. The number of hydrogen-bond acceptors (Lipinski definition) is 6. The Balaban J connectivity index is 1.27. The molecule has 172 valence electrons. The molecule has 3 aliphatic rings. The van der Waals surface area contributed by atoms with Gasteiger partial charge in [0.15, 0.2) is 5.69 Å². The van der Waals surface area contributed by atoms with E-state index in [-0.39, 0.29) is 11.5 Å². The lowest BCUT2D eigenvalue weighted by molar-refractivity contribution is -0.0238. The topological polar surface area (TPSA) is 91.1 Å². The molecule has 7 heteroatoms. The molecule has 7 nitrogen and oxygen atoms in total. The zero-order valence-electron chi connectivity index (χ0n) is 19.6. The van der Waals surface area contributed by atoms with Crippen molar-refractivity contribution in [1.29, 1.82) is 5.26 Å². The van der Waals surface area contributed by atoms with E-state index in [0.717, 1.165) is 56.6 Å². The van der Waals surface area contributed by atoms with Crippen molar-refractivity contribution >= 4 is 6.09 Å². The number of fused-ring (bicyclic) bond motifs is 1. The highest BCUT2D eigenvalue weighted by molar-refractivity contribution is 5.68. The molecular formula is C26H31N5O2. The van der Waals surface area contributed by atoms with E-state index >= 15 is 0 Å². The van der Waals surface area contributed by atoms with E-state index in [1.54, 1.807) is 6.20 Å². The van der Waals surface area contributed by atoms with Crippen LogP contribution in [0.3, 0.4) is 0 Å². The lowest BCUT2D eigenvalue weighted by Crippen LogP contribution is -2.67. The molecule has 2 aliphatic heterocycles. The average Bonchev–Trinajstić information content (AvgIpc) is 3.20. The minimum Gasteiger partial charge on any atom is -0.444 e. The van der Waals surface area contributed by atoms with Crippen molar-refractivity contribution in [2.45, 2.75) is 64.0 Å². The molecule has 2 atom stereocenters. The Morgan fingerprint density at radius 1 is 1.24 bits per heavy atom. The van der Waals surface area contributed by atoms with Crippen LogP contribution in [0.2, 0.25) is 0 Å². The Morgan fingerprint density at radius 3 is 2.64 bits per heavy atom. The highest BCUT2D eigenvalue weighted by Crippen LogP contribution is 2.50. The standard InChI is InChI=1S/C26H31N5O2/c1-25(2,3)33-24(32)31-10-8-26(9-11-31)16-30-23(26)21-7-4-17-12-18(5-6-20(17)21)22-15-28-19(13-27)14-29-22/h5-6,12,14-15,21,23,30H,4,7-11,16H2,1-3H3/t21?,23-/m1/s1. The van der Waals surface area contributed by atoms with Gasteiger partial charge in [0.05, 0.1) is 18.1 Å². The summed E-state index contributed by atoms with van der Waals surface area (Å²) in [7, 11) is 0. The third kappa shape index (κ3) is 4.08. The minimum atomic E-state index is -0.456. The number of rotatable bonds is 2. The minimum absolute atomic E-state index is 0.189. The molecule has 1 aromatic carbocycles. The van der Waals surface area contributed by atoms with Gasteiger partial charge in [0.2, 0.25) is 0 Å². The number of hydrogen-bond donors (Lipinski definition) is 1. The van der Waals surface area contributed by atoms with E-state index in [4.69, 9.17) is 10.00 Å². The van der Waals surface area contributed by atoms with Crippen LogP contribution in [-0.4, -0.2) is 52.2 Å². The first-order valence-corrected chi connectivity index (χ1v) is 11.8. The Morgan fingerprint density at radius 2 is 2.03 bits per heavy atom. The first-order chi connectivity index (χ1) is 15.8. The molecule has 1 spiro atoms. The van der Waals surface area contributed by atoms with Gasteiger partial charge in [-0.2, -0.15) is 5.26 Å². The van der Waals surface area contributed by atoms with Gasteiger partial charge >= 0.3 is 6.09 Å². The summed E-state index contributed by atoms with van der Waals surface area (Å²) in [5, 5.41) is 12.7. The van der Waals surface area contributed by atoms with Crippen molar-refractivity contribution < 1.29 is 9.53 Å². The number of carbonyl (C=O) groups is 1. The number of likely N-dealkylation sites (tertiary alicyclic amines) is 1. The van der Waals surface area contributed by atoms with Gasteiger partial charge in [-0.25, -0.2) is 9.78 Å². The van der Waals surface area contributed by atoms with Crippen molar-refractivity contribution in [3.63, 3.8) is 0 Å². The molecule has 0 radical (unpaired) electrons. The lowest BCUT2D eigenvalue weighted by Gasteiger charge is -2.56. The van der Waals surface area contributed by atoms with E-state index < -0.39 is 5.60 Å². The molecule has 2 fully saturated rings. The Kier molecular flexibility index (Phi) is 5.37. The first-order valence-electron chi connectivity index (χ1n) is 11.8. The van der Waals surface area contributed by atoms with Crippen molar-refractivity contribution in [3.8, 4) is 17.3 Å². The summed E-state index contributed by atoms with van der Waals surface area (Å²) in [4.78, 5) is 22.9. The van der Waals surface area contributed by atoms with E-state index in [9.17, 15) is 4.79 Å².